The largest absolute Gasteiger partial charge is 0.359 e. The van der Waals surface area contributed by atoms with Crippen LogP contribution >= 0.6 is 0 Å². The van der Waals surface area contributed by atoms with Crippen molar-refractivity contribution in [2.75, 3.05) is 22.6 Å². The normalized spacial score (nSPS) is 15.5. The van der Waals surface area contributed by atoms with Gasteiger partial charge in [-0.05, 0) is 36.2 Å². The van der Waals surface area contributed by atoms with E-state index in [0.717, 1.165) is 27.7 Å². The number of H-pyrrole nitrogens is 1. The van der Waals surface area contributed by atoms with Crippen molar-refractivity contribution in [2.45, 2.75) is 19.5 Å². The van der Waals surface area contributed by atoms with E-state index < -0.39 is 0 Å². The van der Waals surface area contributed by atoms with Gasteiger partial charge < -0.3 is 20.5 Å². The molecule has 0 fully saturated rings. The molecule has 5 rings (SSSR count). The maximum Gasteiger partial charge on any atom is 0.325 e. The molecule has 7 heteroatoms. The molecule has 7 nitrogen and oxygen atoms in total. The molecule has 0 bridgehead atoms. The molecule has 3 N–H and O–H groups in total. The minimum atomic E-state index is -0.346. The van der Waals surface area contributed by atoms with Crippen LogP contribution in [0.1, 0.15) is 24.1 Å². The number of anilines is 3. The zero-order valence-corrected chi connectivity index (χ0v) is 18.5. The van der Waals surface area contributed by atoms with Gasteiger partial charge in [-0.25, -0.2) is 9.59 Å². The Balaban J connectivity index is 1.41. The maximum absolute atomic E-state index is 13.1. The van der Waals surface area contributed by atoms with Crippen LogP contribution in [0.4, 0.5) is 26.7 Å². The lowest BCUT2D eigenvalue weighted by molar-refractivity contribution is 0.196. The van der Waals surface area contributed by atoms with Crippen LogP contribution in [0.15, 0.2) is 79.0 Å². The van der Waals surface area contributed by atoms with Crippen LogP contribution in [0.5, 0.6) is 0 Å². The second kappa shape index (κ2) is 8.35. The summed E-state index contributed by atoms with van der Waals surface area (Å²) < 4.78 is 0. The SMILES string of the molecule is C[C@H]1c2ccc(NC(=O)Nc3c[nH]c4ccccc34)cc2N(Cc2ccccc2)C(=O)N1C. The highest BCUT2D eigenvalue weighted by atomic mass is 16.2. The average molecular weight is 440 g/mol. The third-order valence-corrected chi connectivity index (χ3v) is 6.16. The molecule has 3 aromatic carbocycles. The average Bonchev–Trinajstić information content (AvgIpc) is 3.23. The van der Waals surface area contributed by atoms with Crippen LogP contribution in [-0.4, -0.2) is 29.0 Å². The van der Waals surface area contributed by atoms with Crippen LogP contribution in [0.2, 0.25) is 0 Å². The molecule has 33 heavy (non-hydrogen) atoms. The highest BCUT2D eigenvalue weighted by molar-refractivity contribution is 6.06. The number of rotatable bonds is 4. The van der Waals surface area contributed by atoms with E-state index in [-0.39, 0.29) is 18.1 Å². The van der Waals surface area contributed by atoms with Gasteiger partial charge in [-0.2, -0.15) is 0 Å². The van der Waals surface area contributed by atoms with Crippen molar-refractivity contribution < 1.29 is 9.59 Å². The predicted molar refractivity (Wildman–Crippen MR) is 132 cm³/mol. The van der Waals surface area contributed by atoms with Crippen LogP contribution < -0.4 is 15.5 Å². The maximum atomic E-state index is 13.1. The van der Waals surface area contributed by atoms with Gasteiger partial charge in [-0.1, -0.05) is 54.6 Å². The molecule has 2 heterocycles. The number of urea groups is 2. The molecule has 1 atom stereocenters. The van der Waals surface area contributed by atoms with E-state index in [0.29, 0.717) is 17.9 Å². The molecule has 1 aromatic heterocycles. The van der Waals surface area contributed by atoms with Crippen LogP contribution in [0, 0.1) is 0 Å². The van der Waals surface area contributed by atoms with Gasteiger partial charge in [-0.3, -0.25) is 4.90 Å². The first-order chi connectivity index (χ1) is 16.0. The van der Waals surface area contributed by atoms with E-state index in [2.05, 4.69) is 15.6 Å². The number of nitrogens with one attached hydrogen (secondary N) is 3. The Bertz CT molecular complexity index is 1330. The van der Waals surface area contributed by atoms with Crippen molar-refractivity contribution in [1.29, 1.82) is 0 Å². The summed E-state index contributed by atoms with van der Waals surface area (Å²) in [6.07, 6.45) is 1.77. The molecular formula is C26H25N5O2. The first-order valence-corrected chi connectivity index (χ1v) is 10.9. The summed E-state index contributed by atoms with van der Waals surface area (Å²) in [5, 5.41) is 6.74. The van der Waals surface area contributed by atoms with Gasteiger partial charge in [-0.15, -0.1) is 0 Å². The van der Waals surface area contributed by atoms with Gasteiger partial charge in [0.2, 0.25) is 0 Å². The Kier molecular flexibility index (Phi) is 5.22. The minimum absolute atomic E-state index is 0.0615. The molecule has 1 aliphatic heterocycles. The summed E-state index contributed by atoms with van der Waals surface area (Å²) >= 11 is 0. The number of hydrogen-bond acceptors (Lipinski definition) is 2. The summed E-state index contributed by atoms with van der Waals surface area (Å²) in [7, 11) is 1.81. The second-order valence-corrected chi connectivity index (χ2v) is 8.24. The number of fused-ring (bicyclic) bond motifs is 2. The summed E-state index contributed by atoms with van der Waals surface area (Å²) in [5.41, 5.74) is 5.16. The molecule has 4 amide bonds. The van der Waals surface area contributed by atoms with Gasteiger partial charge in [0.25, 0.3) is 0 Å². The fraction of sp³-hybridized carbons (Fsp3) is 0.154. The molecule has 0 radical (unpaired) electrons. The van der Waals surface area contributed by atoms with Gasteiger partial charge in [0.05, 0.1) is 24.0 Å². The van der Waals surface area contributed by atoms with Crippen molar-refractivity contribution in [3.63, 3.8) is 0 Å². The lowest BCUT2D eigenvalue weighted by Gasteiger charge is -2.39. The molecule has 1 aliphatic rings. The molecule has 166 valence electrons. The summed E-state index contributed by atoms with van der Waals surface area (Å²) in [6, 6.07) is 22.9. The molecule has 0 saturated heterocycles. The summed E-state index contributed by atoms with van der Waals surface area (Å²) in [6.45, 7) is 2.46. The van der Waals surface area contributed by atoms with E-state index >= 15 is 0 Å². The third-order valence-electron chi connectivity index (χ3n) is 6.16. The van der Waals surface area contributed by atoms with E-state index in [9.17, 15) is 9.59 Å². The number of aromatic nitrogens is 1. The standard InChI is InChI=1S/C26H25N5O2/c1-17-20-13-12-19(28-25(32)29-23-15-27-22-11-7-6-10-21(22)23)14-24(20)31(26(33)30(17)2)16-18-8-4-3-5-9-18/h3-15,17,27H,16H2,1-2H3,(H2,28,29,32)/t17-/m0/s1. The van der Waals surface area contributed by atoms with Crippen molar-refractivity contribution in [2.24, 2.45) is 0 Å². The van der Waals surface area contributed by atoms with Crippen molar-refractivity contribution in [3.05, 3.63) is 90.1 Å². The number of nitrogens with zero attached hydrogens (tertiary/aromatic N) is 2. The summed E-state index contributed by atoms with van der Waals surface area (Å²) in [4.78, 5) is 32.5. The number of benzene rings is 3. The van der Waals surface area contributed by atoms with E-state index in [1.807, 2.05) is 86.8 Å². The molecule has 0 aliphatic carbocycles. The Morgan fingerprint density at radius 1 is 1.00 bits per heavy atom. The number of carbonyl (C=O) groups excluding carboxylic acids is 2. The fourth-order valence-electron chi connectivity index (χ4n) is 4.25. The summed E-state index contributed by atoms with van der Waals surface area (Å²) in [5.74, 6) is 0. The van der Waals surface area contributed by atoms with Crippen LogP contribution in [0.25, 0.3) is 10.9 Å². The lowest BCUT2D eigenvalue weighted by atomic mass is 10.00. The zero-order valence-electron chi connectivity index (χ0n) is 18.5. The van der Waals surface area contributed by atoms with Gasteiger partial charge >= 0.3 is 12.1 Å². The Morgan fingerprint density at radius 3 is 2.58 bits per heavy atom. The van der Waals surface area contributed by atoms with E-state index in [4.69, 9.17) is 0 Å². The van der Waals surface area contributed by atoms with Gasteiger partial charge in [0.1, 0.15) is 0 Å². The zero-order chi connectivity index (χ0) is 22.9. The van der Waals surface area contributed by atoms with E-state index in [1.54, 1.807) is 16.0 Å². The highest BCUT2D eigenvalue weighted by Crippen LogP contribution is 2.38. The molecule has 0 unspecified atom stereocenters. The van der Waals surface area contributed by atoms with Crippen molar-refractivity contribution >= 4 is 40.0 Å². The highest BCUT2D eigenvalue weighted by Gasteiger charge is 2.33. The number of aromatic amines is 1. The topological polar surface area (TPSA) is 80.5 Å². The Labute approximate surface area is 192 Å². The lowest BCUT2D eigenvalue weighted by Crippen LogP contribution is -2.46. The van der Waals surface area contributed by atoms with Crippen LogP contribution in [0.3, 0.4) is 0 Å². The number of hydrogen-bond donors (Lipinski definition) is 3. The van der Waals surface area contributed by atoms with Gasteiger partial charge in [0.15, 0.2) is 0 Å². The number of amides is 4. The molecular weight excluding hydrogens is 414 g/mol. The van der Waals surface area contributed by atoms with Gasteiger partial charge in [0, 0.05) is 29.8 Å². The number of para-hydroxylation sites is 1. The Hall–Kier alpha value is -4.26. The first kappa shape index (κ1) is 20.6. The number of carbonyl (C=O) groups is 2. The Morgan fingerprint density at radius 2 is 1.76 bits per heavy atom. The minimum Gasteiger partial charge on any atom is -0.359 e. The second-order valence-electron chi connectivity index (χ2n) is 8.24. The third kappa shape index (κ3) is 3.89. The molecule has 0 spiro atoms. The molecule has 0 saturated carbocycles. The smallest absolute Gasteiger partial charge is 0.325 e. The van der Waals surface area contributed by atoms with Crippen molar-refractivity contribution in [3.8, 4) is 0 Å². The predicted octanol–water partition coefficient (Wildman–Crippen LogP) is 5.94. The molecule has 4 aromatic rings. The first-order valence-electron chi connectivity index (χ1n) is 10.9. The monoisotopic (exact) mass is 439 g/mol. The fourth-order valence-corrected chi connectivity index (χ4v) is 4.25. The van der Waals surface area contributed by atoms with Crippen molar-refractivity contribution in [1.82, 2.24) is 9.88 Å². The van der Waals surface area contributed by atoms with Crippen LogP contribution in [-0.2, 0) is 6.54 Å². The van der Waals surface area contributed by atoms with E-state index in [1.165, 1.54) is 0 Å². The quantitative estimate of drug-likeness (QED) is 0.368.